The van der Waals surface area contributed by atoms with E-state index < -0.39 is 23.5 Å². The van der Waals surface area contributed by atoms with Gasteiger partial charge in [-0.15, -0.1) is 0 Å². The van der Waals surface area contributed by atoms with E-state index in [1.165, 1.54) is 0 Å². The fourth-order valence-electron chi connectivity index (χ4n) is 4.93. The van der Waals surface area contributed by atoms with Crippen molar-refractivity contribution in [2.45, 2.75) is 81.6 Å². The van der Waals surface area contributed by atoms with Crippen LogP contribution < -0.4 is 32.7 Å². The number of primary amides is 1. The zero-order valence-corrected chi connectivity index (χ0v) is 18.9. The van der Waals surface area contributed by atoms with E-state index in [9.17, 15) is 14.4 Å². The number of amides is 2. The van der Waals surface area contributed by atoms with Crippen molar-refractivity contribution in [3.63, 3.8) is 0 Å². The number of hydrogen-bond donors (Lipinski definition) is 7. The van der Waals surface area contributed by atoms with Crippen LogP contribution in [0.3, 0.4) is 0 Å². The Balaban J connectivity index is 1.67. The Morgan fingerprint density at radius 1 is 1.16 bits per heavy atom. The molecule has 0 aromatic rings. The molecule has 2 amide bonds. The van der Waals surface area contributed by atoms with E-state index in [-0.39, 0.29) is 29.7 Å². The molecular formula is C21H38N8O3. The summed E-state index contributed by atoms with van der Waals surface area (Å²) in [6, 6.07) is -1.27. The number of rotatable bonds is 11. The van der Waals surface area contributed by atoms with Crippen molar-refractivity contribution in [2.24, 2.45) is 11.5 Å². The highest BCUT2D eigenvalue weighted by Gasteiger charge is 2.59. The van der Waals surface area contributed by atoms with Crippen molar-refractivity contribution in [3.05, 3.63) is 0 Å². The number of nitrogens with two attached hydrogens (primary N) is 2. The molecule has 0 bridgehead atoms. The van der Waals surface area contributed by atoms with Crippen LogP contribution in [0.25, 0.3) is 0 Å². The van der Waals surface area contributed by atoms with Gasteiger partial charge in [0.25, 0.3) is 0 Å². The number of carbonyl (C=O) groups is 3. The molecule has 11 heteroatoms. The van der Waals surface area contributed by atoms with E-state index in [0.717, 1.165) is 32.1 Å². The molecule has 3 rings (SSSR count). The van der Waals surface area contributed by atoms with Crippen molar-refractivity contribution in [1.82, 2.24) is 26.2 Å². The first kappa shape index (κ1) is 24.4. The van der Waals surface area contributed by atoms with Crippen LogP contribution in [0.1, 0.15) is 51.9 Å². The zero-order valence-electron chi connectivity index (χ0n) is 18.9. The molecule has 0 aromatic heterocycles. The fourth-order valence-corrected chi connectivity index (χ4v) is 4.93. The lowest BCUT2D eigenvalue weighted by molar-refractivity contribution is -0.137. The van der Waals surface area contributed by atoms with Crippen molar-refractivity contribution < 1.29 is 14.4 Å². The summed E-state index contributed by atoms with van der Waals surface area (Å²) in [5.41, 5.74) is 10.2. The number of ketones is 1. The molecule has 3 fully saturated rings. The maximum absolute atomic E-state index is 13.6. The Bertz CT molecular complexity index is 726. The normalized spacial score (nSPS) is 29.7. The number of carbonyl (C=O) groups excluding carboxylic acids is 3. The SMILES string of the molecule is CCCC[C@@H]1NC[C@H](C(=O)C2(N3C[C@H](C(N)=O)NC[C@@H]3CCCNC(=N)N)CC2)NC1=O. The molecule has 32 heavy (non-hydrogen) atoms. The van der Waals surface area contributed by atoms with Crippen LogP contribution in [0.2, 0.25) is 0 Å². The summed E-state index contributed by atoms with van der Waals surface area (Å²) in [6.45, 7) is 4.01. The summed E-state index contributed by atoms with van der Waals surface area (Å²) in [7, 11) is 0. The molecule has 180 valence electrons. The first-order chi connectivity index (χ1) is 15.3. The second-order valence-electron chi connectivity index (χ2n) is 9.21. The molecule has 1 saturated carbocycles. The third-order valence-corrected chi connectivity index (χ3v) is 6.89. The Labute approximate surface area is 189 Å². The molecule has 0 unspecified atom stereocenters. The minimum atomic E-state index is -0.662. The van der Waals surface area contributed by atoms with Crippen LogP contribution >= 0.6 is 0 Å². The third-order valence-electron chi connectivity index (χ3n) is 6.89. The van der Waals surface area contributed by atoms with Gasteiger partial charge < -0.3 is 32.7 Å². The molecule has 2 saturated heterocycles. The molecule has 11 nitrogen and oxygen atoms in total. The molecule has 0 aromatic carbocycles. The van der Waals surface area contributed by atoms with Crippen molar-refractivity contribution in [2.75, 3.05) is 26.2 Å². The van der Waals surface area contributed by atoms with E-state index in [1.807, 2.05) is 0 Å². The number of nitrogens with one attached hydrogen (secondary N) is 5. The average molecular weight is 451 g/mol. The van der Waals surface area contributed by atoms with E-state index in [2.05, 4.69) is 33.1 Å². The van der Waals surface area contributed by atoms with Crippen LogP contribution in [-0.4, -0.2) is 84.3 Å². The summed E-state index contributed by atoms with van der Waals surface area (Å²) >= 11 is 0. The van der Waals surface area contributed by atoms with Gasteiger partial charge in [0.05, 0.1) is 17.6 Å². The Kier molecular flexibility index (Phi) is 8.07. The van der Waals surface area contributed by atoms with Gasteiger partial charge in [-0.25, -0.2) is 0 Å². The van der Waals surface area contributed by atoms with E-state index in [1.54, 1.807) is 0 Å². The Morgan fingerprint density at radius 2 is 1.91 bits per heavy atom. The molecule has 2 aliphatic heterocycles. The summed E-state index contributed by atoms with van der Waals surface area (Å²) in [5.74, 6) is -0.587. The van der Waals surface area contributed by atoms with Gasteiger partial charge in [-0.3, -0.25) is 24.7 Å². The lowest BCUT2D eigenvalue weighted by Crippen LogP contribution is -2.68. The summed E-state index contributed by atoms with van der Waals surface area (Å²) in [6.07, 6.45) is 5.73. The zero-order chi connectivity index (χ0) is 23.3. The van der Waals surface area contributed by atoms with E-state index in [0.29, 0.717) is 39.0 Å². The van der Waals surface area contributed by atoms with Crippen LogP contribution in [0.5, 0.6) is 0 Å². The standard InChI is InChI=1S/C21H38N8O3/c1-2-3-6-14-19(32)28-15(11-27-14)17(30)21(7-8-21)29-12-16(18(22)31)26-10-13(29)5-4-9-25-20(23)24/h13-16,26-27H,2-12H2,1H3,(H2,22,31)(H,28,32)(H4,23,24,25)/t13-,14-,15+,16+/m0/s1. The fraction of sp³-hybridized carbons (Fsp3) is 0.810. The number of hydrogen-bond acceptors (Lipinski definition) is 7. The minimum absolute atomic E-state index is 0.0178. The lowest BCUT2D eigenvalue weighted by atomic mass is 9.93. The molecule has 0 radical (unpaired) electrons. The van der Waals surface area contributed by atoms with Crippen LogP contribution in [0.4, 0.5) is 0 Å². The highest BCUT2D eigenvalue weighted by Crippen LogP contribution is 2.46. The molecule has 2 heterocycles. The average Bonchev–Trinajstić information content (AvgIpc) is 3.57. The summed E-state index contributed by atoms with van der Waals surface area (Å²) < 4.78 is 0. The maximum atomic E-state index is 13.6. The predicted octanol–water partition coefficient (Wildman–Crippen LogP) is -1.87. The van der Waals surface area contributed by atoms with Gasteiger partial charge in [0.15, 0.2) is 11.7 Å². The van der Waals surface area contributed by atoms with Gasteiger partial charge in [-0.1, -0.05) is 19.8 Å². The Morgan fingerprint density at radius 3 is 2.50 bits per heavy atom. The molecule has 1 aliphatic carbocycles. The Hall–Kier alpha value is -2.24. The minimum Gasteiger partial charge on any atom is -0.370 e. The van der Waals surface area contributed by atoms with Crippen molar-refractivity contribution in [3.8, 4) is 0 Å². The number of nitrogens with zero attached hydrogens (tertiary/aromatic N) is 1. The molecule has 9 N–H and O–H groups in total. The van der Waals surface area contributed by atoms with Gasteiger partial charge in [0, 0.05) is 32.2 Å². The first-order valence-electron chi connectivity index (χ1n) is 11.7. The van der Waals surface area contributed by atoms with E-state index in [4.69, 9.17) is 16.9 Å². The van der Waals surface area contributed by atoms with E-state index >= 15 is 0 Å². The quantitative estimate of drug-likeness (QED) is 0.109. The smallest absolute Gasteiger partial charge is 0.237 e. The molecule has 4 atom stereocenters. The lowest BCUT2D eigenvalue weighted by Gasteiger charge is -2.45. The van der Waals surface area contributed by atoms with Crippen molar-refractivity contribution in [1.29, 1.82) is 5.41 Å². The number of guanidine groups is 1. The third kappa shape index (κ3) is 5.57. The second-order valence-corrected chi connectivity index (χ2v) is 9.21. The first-order valence-corrected chi connectivity index (χ1v) is 11.7. The van der Waals surface area contributed by atoms with Crippen molar-refractivity contribution >= 4 is 23.6 Å². The predicted molar refractivity (Wildman–Crippen MR) is 121 cm³/mol. The molecular weight excluding hydrogens is 412 g/mol. The molecule has 3 aliphatic rings. The van der Waals surface area contributed by atoms with Crippen LogP contribution in [-0.2, 0) is 14.4 Å². The summed E-state index contributed by atoms with van der Waals surface area (Å²) in [5, 5.41) is 19.5. The van der Waals surface area contributed by atoms with Crippen LogP contribution in [0, 0.1) is 5.41 Å². The van der Waals surface area contributed by atoms with Gasteiger partial charge >= 0.3 is 0 Å². The van der Waals surface area contributed by atoms with Gasteiger partial charge in [0.1, 0.15) is 6.04 Å². The number of Topliss-reactive ketones (excluding diaryl/α,β-unsaturated/α-hetero) is 1. The maximum Gasteiger partial charge on any atom is 0.237 e. The number of unbranched alkanes of at least 4 members (excludes halogenated alkanes) is 1. The van der Waals surface area contributed by atoms with Gasteiger partial charge in [0.2, 0.25) is 11.8 Å². The second kappa shape index (κ2) is 10.6. The van der Waals surface area contributed by atoms with Gasteiger partial charge in [-0.05, 0) is 32.1 Å². The topological polar surface area (TPSA) is 178 Å². The molecule has 0 spiro atoms. The highest BCUT2D eigenvalue weighted by atomic mass is 16.2. The largest absolute Gasteiger partial charge is 0.370 e. The highest BCUT2D eigenvalue weighted by molar-refractivity contribution is 5.99. The summed E-state index contributed by atoms with van der Waals surface area (Å²) in [4.78, 5) is 40.1. The van der Waals surface area contributed by atoms with Crippen LogP contribution in [0.15, 0.2) is 0 Å². The monoisotopic (exact) mass is 450 g/mol. The number of piperazine rings is 2. The van der Waals surface area contributed by atoms with Gasteiger partial charge in [-0.2, -0.15) is 0 Å².